The number of aromatic nitrogens is 1. The molecule has 1 heterocycles. The van der Waals surface area contributed by atoms with E-state index in [-0.39, 0.29) is 22.9 Å². The fourth-order valence-electron chi connectivity index (χ4n) is 2.70. The highest BCUT2D eigenvalue weighted by molar-refractivity contribution is 7.91. The maximum absolute atomic E-state index is 13.1. The van der Waals surface area contributed by atoms with Gasteiger partial charge >= 0.3 is 0 Å². The number of primary amides is 1. The molecule has 0 aliphatic heterocycles. The minimum Gasteiger partial charge on any atom is -0.368 e. The number of fused-ring (bicyclic) bond motifs is 1. The van der Waals surface area contributed by atoms with E-state index in [1.807, 2.05) is 0 Å². The number of nitrogens with two attached hydrogens (primary N) is 1. The Kier molecular flexibility index (Phi) is 4.95. The van der Waals surface area contributed by atoms with E-state index >= 15 is 0 Å². The normalized spacial score (nSPS) is 11.4. The second-order valence-electron chi connectivity index (χ2n) is 5.84. The number of amides is 2. The number of sulfone groups is 1. The Balaban J connectivity index is 2.03. The zero-order valence-corrected chi connectivity index (χ0v) is 14.9. The second kappa shape index (κ2) is 7.20. The van der Waals surface area contributed by atoms with Gasteiger partial charge in [-0.25, -0.2) is 12.8 Å². The van der Waals surface area contributed by atoms with Crippen LogP contribution in [0.15, 0.2) is 64.5 Å². The van der Waals surface area contributed by atoms with Gasteiger partial charge in [-0.1, -0.05) is 18.2 Å². The number of benzene rings is 2. The van der Waals surface area contributed by atoms with E-state index in [9.17, 15) is 22.4 Å². The molecule has 2 aromatic carbocycles. The maximum atomic E-state index is 13.1. The molecule has 2 amide bonds. The zero-order valence-electron chi connectivity index (χ0n) is 14.1. The lowest BCUT2D eigenvalue weighted by molar-refractivity contribution is -0.125. The molecule has 0 atom stereocenters. The van der Waals surface area contributed by atoms with Gasteiger partial charge in [-0.3, -0.25) is 9.59 Å². The molecule has 1 aromatic heterocycles. The van der Waals surface area contributed by atoms with E-state index in [2.05, 4.69) is 5.32 Å². The topological polar surface area (TPSA) is 111 Å². The molecule has 0 radical (unpaired) electrons. The van der Waals surface area contributed by atoms with Crippen molar-refractivity contribution in [1.82, 2.24) is 9.88 Å². The predicted octanol–water partition coefficient (Wildman–Crippen LogP) is 1.21. The molecule has 0 unspecified atom stereocenters. The molecule has 3 rings (SSSR count). The van der Waals surface area contributed by atoms with Gasteiger partial charge in [-0.15, -0.1) is 0 Å². The van der Waals surface area contributed by atoms with E-state index in [0.29, 0.717) is 10.9 Å². The molecule has 3 N–H and O–H groups in total. The number of nitrogens with zero attached hydrogens (tertiary/aromatic N) is 1. The summed E-state index contributed by atoms with van der Waals surface area (Å²) in [6.07, 6.45) is 1.35. The van der Waals surface area contributed by atoms with Crippen molar-refractivity contribution in [1.29, 1.82) is 0 Å². The van der Waals surface area contributed by atoms with Crippen LogP contribution in [0.5, 0.6) is 0 Å². The lowest BCUT2D eigenvalue weighted by Gasteiger charge is -2.05. The number of para-hydroxylation sites is 1. The molecular formula is C18H16FN3O4S. The van der Waals surface area contributed by atoms with Crippen LogP contribution in [0.4, 0.5) is 4.39 Å². The summed E-state index contributed by atoms with van der Waals surface area (Å²) in [4.78, 5) is 22.7. The molecular weight excluding hydrogens is 373 g/mol. The van der Waals surface area contributed by atoms with E-state index in [0.717, 1.165) is 12.1 Å². The van der Waals surface area contributed by atoms with Crippen LogP contribution >= 0.6 is 0 Å². The van der Waals surface area contributed by atoms with Crippen molar-refractivity contribution >= 4 is 32.6 Å². The summed E-state index contributed by atoms with van der Waals surface area (Å²) in [5.74, 6) is -1.71. The molecule has 7 nitrogen and oxygen atoms in total. The van der Waals surface area contributed by atoms with Crippen molar-refractivity contribution in [2.24, 2.45) is 5.73 Å². The van der Waals surface area contributed by atoms with E-state index in [1.54, 1.807) is 24.3 Å². The summed E-state index contributed by atoms with van der Waals surface area (Å²) in [6, 6.07) is 11.2. The largest absolute Gasteiger partial charge is 0.368 e. The Hall–Kier alpha value is -3.20. The van der Waals surface area contributed by atoms with Crippen molar-refractivity contribution < 1.29 is 22.4 Å². The van der Waals surface area contributed by atoms with Crippen LogP contribution < -0.4 is 11.1 Å². The van der Waals surface area contributed by atoms with Crippen LogP contribution in [0.25, 0.3) is 10.9 Å². The smallest absolute Gasteiger partial charge is 0.240 e. The lowest BCUT2D eigenvalue weighted by Crippen LogP contribution is -2.35. The Morgan fingerprint density at radius 1 is 1.07 bits per heavy atom. The van der Waals surface area contributed by atoms with Crippen LogP contribution in [0, 0.1) is 5.82 Å². The molecule has 0 saturated heterocycles. The van der Waals surface area contributed by atoms with Gasteiger partial charge in [0.05, 0.1) is 16.3 Å². The summed E-state index contributed by atoms with van der Waals surface area (Å²) < 4.78 is 40.6. The van der Waals surface area contributed by atoms with Gasteiger partial charge in [0, 0.05) is 17.1 Å². The van der Waals surface area contributed by atoms with Crippen molar-refractivity contribution in [3.05, 3.63) is 60.5 Å². The fraction of sp³-hybridized carbons (Fsp3) is 0.111. The highest BCUT2D eigenvalue weighted by Gasteiger charge is 2.24. The summed E-state index contributed by atoms with van der Waals surface area (Å²) >= 11 is 0. The van der Waals surface area contributed by atoms with Gasteiger partial charge in [0.15, 0.2) is 0 Å². The Morgan fingerprint density at radius 3 is 2.41 bits per heavy atom. The molecule has 0 bridgehead atoms. The summed E-state index contributed by atoms with van der Waals surface area (Å²) in [6.45, 7) is -0.495. The molecule has 0 aliphatic rings. The second-order valence-corrected chi connectivity index (χ2v) is 7.76. The number of carbonyl (C=O) groups is 2. The van der Waals surface area contributed by atoms with Crippen molar-refractivity contribution in [2.75, 3.05) is 6.54 Å². The molecule has 0 saturated carbocycles. The van der Waals surface area contributed by atoms with Gasteiger partial charge in [0.2, 0.25) is 21.7 Å². The number of hydrogen-bond donors (Lipinski definition) is 2. The Bertz CT molecular complexity index is 1120. The number of halogens is 1. The van der Waals surface area contributed by atoms with Crippen molar-refractivity contribution in [2.45, 2.75) is 16.3 Å². The van der Waals surface area contributed by atoms with Crippen molar-refractivity contribution in [3.63, 3.8) is 0 Å². The first-order valence-electron chi connectivity index (χ1n) is 7.92. The van der Waals surface area contributed by atoms with Gasteiger partial charge in [0.1, 0.15) is 12.4 Å². The van der Waals surface area contributed by atoms with E-state index in [4.69, 9.17) is 5.73 Å². The van der Waals surface area contributed by atoms with Crippen LogP contribution in [-0.2, 0) is 26.0 Å². The SMILES string of the molecule is NC(=O)CNC(=O)Cn1cc(S(=O)(=O)c2ccc(F)cc2)c2ccccc21. The van der Waals surface area contributed by atoms with Gasteiger partial charge < -0.3 is 15.6 Å². The van der Waals surface area contributed by atoms with E-state index in [1.165, 1.54) is 22.9 Å². The summed E-state index contributed by atoms with van der Waals surface area (Å²) in [5, 5.41) is 2.79. The minimum atomic E-state index is -3.92. The standard InChI is InChI=1S/C18H16FN3O4S/c19-12-5-7-13(8-6-12)27(25,26)16-10-22(11-18(24)21-9-17(20)23)15-4-2-1-3-14(15)16/h1-8,10H,9,11H2,(H2,20,23)(H,21,24). The van der Waals surface area contributed by atoms with Crippen LogP contribution in [0.3, 0.4) is 0 Å². The number of nitrogens with one attached hydrogen (secondary N) is 1. The summed E-state index contributed by atoms with van der Waals surface area (Å²) in [7, 11) is -3.92. The highest BCUT2D eigenvalue weighted by atomic mass is 32.2. The molecule has 27 heavy (non-hydrogen) atoms. The molecule has 0 fully saturated rings. The van der Waals surface area contributed by atoms with E-state index < -0.39 is 27.5 Å². The number of hydrogen-bond acceptors (Lipinski definition) is 4. The van der Waals surface area contributed by atoms with Crippen LogP contribution in [-0.4, -0.2) is 31.3 Å². The molecule has 140 valence electrons. The zero-order chi connectivity index (χ0) is 19.6. The quantitative estimate of drug-likeness (QED) is 0.617. The lowest BCUT2D eigenvalue weighted by atomic mass is 10.2. The van der Waals surface area contributed by atoms with Gasteiger partial charge in [0.25, 0.3) is 0 Å². The minimum absolute atomic E-state index is 0.00686. The maximum Gasteiger partial charge on any atom is 0.240 e. The number of carbonyl (C=O) groups excluding carboxylic acids is 2. The third kappa shape index (κ3) is 3.82. The third-order valence-electron chi connectivity index (χ3n) is 3.94. The molecule has 9 heteroatoms. The monoisotopic (exact) mass is 389 g/mol. The Labute approximate surface area is 154 Å². The molecule has 0 aliphatic carbocycles. The van der Waals surface area contributed by atoms with Crippen LogP contribution in [0.2, 0.25) is 0 Å². The summed E-state index contributed by atoms with van der Waals surface area (Å²) in [5.41, 5.74) is 5.53. The highest BCUT2D eigenvalue weighted by Crippen LogP contribution is 2.30. The van der Waals surface area contributed by atoms with Crippen molar-refractivity contribution in [3.8, 4) is 0 Å². The average molecular weight is 389 g/mol. The predicted molar refractivity (Wildman–Crippen MR) is 96.0 cm³/mol. The third-order valence-corrected chi connectivity index (χ3v) is 5.74. The van der Waals surface area contributed by atoms with Gasteiger partial charge in [-0.05, 0) is 30.3 Å². The fourth-order valence-corrected chi connectivity index (χ4v) is 4.17. The first-order chi connectivity index (χ1) is 12.8. The first kappa shape index (κ1) is 18.6. The molecule has 0 spiro atoms. The van der Waals surface area contributed by atoms with Crippen LogP contribution in [0.1, 0.15) is 0 Å². The molecule has 3 aromatic rings. The Morgan fingerprint density at radius 2 is 1.74 bits per heavy atom. The average Bonchev–Trinajstić information content (AvgIpc) is 3.00. The number of rotatable bonds is 6. The van der Waals surface area contributed by atoms with Gasteiger partial charge in [-0.2, -0.15) is 0 Å². The first-order valence-corrected chi connectivity index (χ1v) is 9.41.